The third kappa shape index (κ3) is 2.48. The number of carbonyl (C=O) groups excluding carboxylic acids is 1. The van der Waals surface area contributed by atoms with Crippen molar-refractivity contribution in [3.8, 4) is 0 Å². The summed E-state index contributed by atoms with van der Waals surface area (Å²) in [4.78, 5) is 13.9. The molecule has 1 fully saturated rings. The summed E-state index contributed by atoms with van der Waals surface area (Å²) in [5, 5.41) is 0. The van der Waals surface area contributed by atoms with E-state index in [1.54, 1.807) is 12.1 Å². The van der Waals surface area contributed by atoms with Gasteiger partial charge in [0.05, 0.1) is 5.69 Å². The Morgan fingerprint density at radius 2 is 1.94 bits per heavy atom. The van der Waals surface area contributed by atoms with Crippen molar-refractivity contribution in [2.24, 2.45) is 5.92 Å². The molecule has 17 heavy (non-hydrogen) atoms. The topological polar surface area (TPSA) is 20.3 Å². The molecule has 0 unspecified atom stereocenters. The SMILES string of the molecule is CC(C)C(=O)c1ccc(F)c(N2CCCC2)c1. The summed E-state index contributed by atoms with van der Waals surface area (Å²) < 4.78 is 13.7. The van der Waals surface area contributed by atoms with Crippen LogP contribution in [0.2, 0.25) is 0 Å². The number of rotatable bonds is 3. The molecule has 3 heteroatoms. The molecule has 0 N–H and O–H groups in total. The number of hydrogen-bond acceptors (Lipinski definition) is 2. The fourth-order valence-electron chi connectivity index (χ4n) is 2.20. The molecule has 1 aliphatic rings. The summed E-state index contributed by atoms with van der Waals surface area (Å²) in [6.45, 7) is 5.49. The Kier molecular flexibility index (Phi) is 3.46. The monoisotopic (exact) mass is 235 g/mol. The quantitative estimate of drug-likeness (QED) is 0.749. The number of ketones is 1. The maximum Gasteiger partial charge on any atom is 0.165 e. The van der Waals surface area contributed by atoms with Crippen LogP contribution in [-0.2, 0) is 0 Å². The predicted molar refractivity (Wildman–Crippen MR) is 67.0 cm³/mol. The van der Waals surface area contributed by atoms with Crippen LogP contribution in [0.15, 0.2) is 18.2 Å². The van der Waals surface area contributed by atoms with Gasteiger partial charge in [-0.1, -0.05) is 13.8 Å². The summed E-state index contributed by atoms with van der Waals surface area (Å²) in [6, 6.07) is 4.68. The van der Waals surface area contributed by atoms with Crippen LogP contribution in [0.5, 0.6) is 0 Å². The zero-order valence-electron chi connectivity index (χ0n) is 10.4. The van der Waals surface area contributed by atoms with E-state index in [9.17, 15) is 9.18 Å². The number of hydrogen-bond donors (Lipinski definition) is 0. The van der Waals surface area contributed by atoms with E-state index in [-0.39, 0.29) is 17.5 Å². The Morgan fingerprint density at radius 3 is 2.53 bits per heavy atom. The second-order valence-electron chi connectivity index (χ2n) is 4.88. The Labute approximate surface area is 101 Å². The van der Waals surface area contributed by atoms with Gasteiger partial charge in [-0.15, -0.1) is 0 Å². The summed E-state index contributed by atoms with van der Waals surface area (Å²) in [6.07, 6.45) is 2.20. The highest BCUT2D eigenvalue weighted by Crippen LogP contribution is 2.25. The van der Waals surface area contributed by atoms with Crippen LogP contribution in [0.1, 0.15) is 37.0 Å². The van der Waals surface area contributed by atoms with Crippen LogP contribution >= 0.6 is 0 Å². The van der Waals surface area contributed by atoms with Gasteiger partial charge in [0.15, 0.2) is 5.78 Å². The highest BCUT2D eigenvalue weighted by Gasteiger charge is 2.18. The number of anilines is 1. The van der Waals surface area contributed by atoms with Crippen molar-refractivity contribution in [3.63, 3.8) is 0 Å². The zero-order chi connectivity index (χ0) is 12.4. The fourth-order valence-corrected chi connectivity index (χ4v) is 2.20. The van der Waals surface area contributed by atoms with E-state index >= 15 is 0 Å². The van der Waals surface area contributed by atoms with Gasteiger partial charge in [0.1, 0.15) is 5.82 Å². The second-order valence-corrected chi connectivity index (χ2v) is 4.88. The number of nitrogens with zero attached hydrogens (tertiary/aromatic N) is 1. The lowest BCUT2D eigenvalue weighted by Crippen LogP contribution is -2.20. The van der Waals surface area contributed by atoms with Crippen molar-refractivity contribution in [1.29, 1.82) is 0 Å². The molecule has 0 radical (unpaired) electrons. The minimum absolute atomic E-state index is 0.0492. The Hall–Kier alpha value is -1.38. The molecule has 1 aromatic carbocycles. The first kappa shape index (κ1) is 12.1. The maximum absolute atomic E-state index is 13.7. The van der Waals surface area contributed by atoms with Crippen molar-refractivity contribution in [2.75, 3.05) is 18.0 Å². The number of Topliss-reactive ketones (excluding diaryl/α,β-unsaturated/α-hetero) is 1. The predicted octanol–water partition coefficient (Wildman–Crippen LogP) is 3.26. The highest BCUT2D eigenvalue weighted by molar-refractivity contribution is 5.98. The molecule has 0 spiro atoms. The lowest BCUT2D eigenvalue weighted by molar-refractivity contribution is 0.0939. The minimum atomic E-state index is -0.229. The average Bonchev–Trinajstić information content (AvgIpc) is 2.82. The van der Waals surface area contributed by atoms with Gasteiger partial charge in [-0.25, -0.2) is 4.39 Å². The van der Waals surface area contributed by atoms with Gasteiger partial charge in [-0.3, -0.25) is 4.79 Å². The Bertz CT molecular complexity index is 422. The van der Waals surface area contributed by atoms with Crippen molar-refractivity contribution in [3.05, 3.63) is 29.6 Å². The summed E-state index contributed by atoms with van der Waals surface area (Å²) in [7, 11) is 0. The highest BCUT2D eigenvalue weighted by atomic mass is 19.1. The molecule has 1 aromatic rings. The first-order valence-electron chi connectivity index (χ1n) is 6.18. The van der Waals surface area contributed by atoms with E-state index < -0.39 is 0 Å². The van der Waals surface area contributed by atoms with Crippen molar-refractivity contribution < 1.29 is 9.18 Å². The molecule has 0 aromatic heterocycles. The number of carbonyl (C=O) groups is 1. The van der Waals surface area contributed by atoms with Gasteiger partial charge in [-0.05, 0) is 31.0 Å². The Morgan fingerprint density at radius 1 is 1.29 bits per heavy atom. The van der Waals surface area contributed by atoms with Gasteiger partial charge in [-0.2, -0.15) is 0 Å². The molecule has 1 saturated heterocycles. The molecule has 0 bridgehead atoms. The molecule has 2 nitrogen and oxygen atoms in total. The average molecular weight is 235 g/mol. The first-order valence-corrected chi connectivity index (χ1v) is 6.18. The zero-order valence-corrected chi connectivity index (χ0v) is 10.4. The minimum Gasteiger partial charge on any atom is -0.369 e. The van der Waals surface area contributed by atoms with E-state index in [1.807, 2.05) is 18.7 Å². The molecule has 1 aliphatic heterocycles. The molecule has 92 valence electrons. The lowest BCUT2D eigenvalue weighted by Gasteiger charge is -2.19. The van der Waals surface area contributed by atoms with Crippen molar-refractivity contribution in [2.45, 2.75) is 26.7 Å². The third-order valence-corrected chi connectivity index (χ3v) is 3.20. The van der Waals surface area contributed by atoms with E-state index in [4.69, 9.17) is 0 Å². The van der Waals surface area contributed by atoms with E-state index in [0.717, 1.165) is 25.9 Å². The molecule has 0 amide bonds. The molecule has 1 heterocycles. The van der Waals surface area contributed by atoms with Gasteiger partial charge in [0, 0.05) is 24.6 Å². The second kappa shape index (κ2) is 4.86. The van der Waals surface area contributed by atoms with E-state index in [2.05, 4.69) is 0 Å². The molecule has 0 atom stereocenters. The molecular weight excluding hydrogens is 217 g/mol. The molecule has 0 aliphatic carbocycles. The summed E-state index contributed by atoms with van der Waals surface area (Å²) in [5.41, 5.74) is 1.19. The van der Waals surface area contributed by atoms with Crippen LogP contribution in [-0.4, -0.2) is 18.9 Å². The van der Waals surface area contributed by atoms with Crippen LogP contribution in [0.3, 0.4) is 0 Å². The van der Waals surface area contributed by atoms with Gasteiger partial charge >= 0.3 is 0 Å². The van der Waals surface area contributed by atoms with Crippen LogP contribution in [0.4, 0.5) is 10.1 Å². The van der Waals surface area contributed by atoms with Crippen LogP contribution in [0, 0.1) is 11.7 Å². The normalized spacial score (nSPS) is 15.6. The number of benzene rings is 1. The smallest absolute Gasteiger partial charge is 0.165 e. The Balaban J connectivity index is 2.32. The van der Waals surface area contributed by atoms with Gasteiger partial charge in [0.2, 0.25) is 0 Å². The van der Waals surface area contributed by atoms with Crippen LogP contribution < -0.4 is 4.90 Å². The molecule has 0 saturated carbocycles. The van der Waals surface area contributed by atoms with Crippen molar-refractivity contribution in [1.82, 2.24) is 0 Å². The van der Waals surface area contributed by atoms with Gasteiger partial charge in [0.25, 0.3) is 0 Å². The van der Waals surface area contributed by atoms with E-state index in [0.29, 0.717) is 11.3 Å². The van der Waals surface area contributed by atoms with E-state index in [1.165, 1.54) is 6.07 Å². The lowest BCUT2D eigenvalue weighted by atomic mass is 10.0. The largest absolute Gasteiger partial charge is 0.369 e. The van der Waals surface area contributed by atoms with Gasteiger partial charge < -0.3 is 4.90 Å². The number of halogens is 1. The van der Waals surface area contributed by atoms with Crippen molar-refractivity contribution >= 4 is 11.5 Å². The standard InChI is InChI=1S/C14H18FNO/c1-10(2)14(17)11-5-6-12(15)13(9-11)16-7-3-4-8-16/h5-6,9-10H,3-4,7-8H2,1-2H3. The first-order chi connectivity index (χ1) is 8.09. The van der Waals surface area contributed by atoms with Crippen LogP contribution in [0.25, 0.3) is 0 Å². The maximum atomic E-state index is 13.7. The fraction of sp³-hybridized carbons (Fsp3) is 0.500. The third-order valence-electron chi connectivity index (χ3n) is 3.20. The summed E-state index contributed by atoms with van der Waals surface area (Å²) >= 11 is 0. The molecule has 2 rings (SSSR count). The molecular formula is C14H18FNO. The summed E-state index contributed by atoms with van der Waals surface area (Å²) in [5.74, 6) is -0.204.